The summed E-state index contributed by atoms with van der Waals surface area (Å²) in [5.74, 6) is 0. The van der Waals surface area contributed by atoms with Crippen molar-refractivity contribution in [3.8, 4) is 0 Å². The van der Waals surface area contributed by atoms with Gasteiger partial charge < -0.3 is 9.55 Å². The summed E-state index contributed by atoms with van der Waals surface area (Å²) in [7, 11) is 0. The molecule has 0 bridgehead atoms. The van der Waals surface area contributed by atoms with Gasteiger partial charge in [-0.3, -0.25) is 4.79 Å². The fourth-order valence-corrected chi connectivity index (χ4v) is 1.42. The third-order valence-corrected chi connectivity index (χ3v) is 2.03. The van der Waals surface area contributed by atoms with Gasteiger partial charge in [-0.25, -0.2) is 0 Å². The molecule has 0 saturated heterocycles. The van der Waals surface area contributed by atoms with Gasteiger partial charge in [0.25, 0.3) is 5.56 Å². The topological polar surface area (TPSA) is 37.8 Å². The van der Waals surface area contributed by atoms with Crippen LogP contribution in [0.4, 0.5) is 0 Å². The number of hydrogen-bond donors (Lipinski definition) is 1. The summed E-state index contributed by atoms with van der Waals surface area (Å²) in [6.07, 6.45) is 3.60. The van der Waals surface area contributed by atoms with Gasteiger partial charge in [0, 0.05) is 24.3 Å². The van der Waals surface area contributed by atoms with Crippen LogP contribution >= 0.6 is 0 Å². The van der Waals surface area contributed by atoms with Crippen molar-refractivity contribution in [3.05, 3.63) is 34.9 Å². The second kappa shape index (κ2) is 2.52. The van der Waals surface area contributed by atoms with E-state index in [0.717, 1.165) is 17.4 Å². The van der Waals surface area contributed by atoms with Crippen molar-refractivity contribution in [2.24, 2.45) is 0 Å². The fraction of sp³-hybridized carbons (Fsp3) is 0.222. The summed E-state index contributed by atoms with van der Waals surface area (Å²) in [6.45, 7) is 2.85. The van der Waals surface area contributed by atoms with Crippen molar-refractivity contribution < 1.29 is 0 Å². The summed E-state index contributed by atoms with van der Waals surface area (Å²) in [5.41, 5.74) is 0.749. The third kappa shape index (κ3) is 0.863. The molecule has 0 fully saturated rings. The Balaban J connectivity index is 2.92. The molecule has 2 aromatic rings. The lowest BCUT2D eigenvalue weighted by atomic mass is 10.3. The highest BCUT2D eigenvalue weighted by atomic mass is 16.1. The van der Waals surface area contributed by atoms with E-state index in [9.17, 15) is 4.79 Å². The lowest BCUT2D eigenvalue weighted by molar-refractivity contribution is 0.793. The second-order valence-electron chi connectivity index (χ2n) is 2.71. The normalized spacial score (nSPS) is 10.8. The first-order chi connectivity index (χ1) is 5.83. The summed E-state index contributed by atoms with van der Waals surface area (Å²) in [6, 6.07) is 3.86. The van der Waals surface area contributed by atoms with E-state index in [2.05, 4.69) is 4.98 Å². The Hall–Kier alpha value is -1.51. The molecule has 0 aromatic carbocycles. The molecule has 2 rings (SSSR count). The molecule has 0 saturated carbocycles. The molecule has 0 radical (unpaired) electrons. The molecule has 0 spiro atoms. The number of rotatable bonds is 1. The molecule has 0 amide bonds. The predicted octanol–water partition coefficient (Wildman–Crippen LogP) is 1.35. The molecule has 3 nitrogen and oxygen atoms in total. The van der Waals surface area contributed by atoms with Crippen molar-refractivity contribution in [2.45, 2.75) is 13.5 Å². The molecule has 0 aliphatic rings. The molecule has 2 aromatic heterocycles. The lowest BCUT2D eigenvalue weighted by Crippen LogP contribution is -2.08. The Bertz CT molecular complexity index is 453. The summed E-state index contributed by atoms with van der Waals surface area (Å²) in [4.78, 5) is 14.0. The number of aromatic amines is 1. The third-order valence-electron chi connectivity index (χ3n) is 2.03. The minimum atomic E-state index is -0.0145. The van der Waals surface area contributed by atoms with Crippen LogP contribution in [0, 0.1) is 0 Å². The Labute approximate surface area is 69.6 Å². The van der Waals surface area contributed by atoms with Gasteiger partial charge in [0.2, 0.25) is 0 Å². The first-order valence-corrected chi connectivity index (χ1v) is 3.99. The smallest absolute Gasteiger partial charge is 0.272 e. The van der Waals surface area contributed by atoms with Gasteiger partial charge in [-0.1, -0.05) is 0 Å². The van der Waals surface area contributed by atoms with Crippen LogP contribution in [0.15, 0.2) is 29.3 Å². The number of aryl methyl sites for hydroxylation is 1. The van der Waals surface area contributed by atoms with Crippen molar-refractivity contribution in [1.82, 2.24) is 9.55 Å². The Kier molecular flexibility index (Phi) is 1.50. The average Bonchev–Trinajstić information content (AvgIpc) is 2.49. The van der Waals surface area contributed by atoms with Gasteiger partial charge >= 0.3 is 0 Å². The molecule has 12 heavy (non-hydrogen) atoms. The highest BCUT2D eigenvalue weighted by Crippen LogP contribution is 2.09. The van der Waals surface area contributed by atoms with Crippen LogP contribution in [-0.2, 0) is 6.54 Å². The molecular formula is C9H10N2O. The zero-order chi connectivity index (χ0) is 8.55. The average molecular weight is 162 g/mol. The number of pyridine rings is 1. The predicted molar refractivity (Wildman–Crippen MR) is 48.2 cm³/mol. The largest absolute Gasteiger partial charge is 0.343 e. The maximum Gasteiger partial charge on any atom is 0.272 e. The van der Waals surface area contributed by atoms with E-state index < -0.39 is 0 Å². The van der Waals surface area contributed by atoms with Crippen molar-refractivity contribution in [2.75, 3.05) is 0 Å². The van der Waals surface area contributed by atoms with E-state index in [4.69, 9.17) is 0 Å². The first kappa shape index (κ1) is 7.16. The van der Waals surface area contributed by atoms with Gasteiger partial charge in [-0.2, -0.15) is 0 Å². The molecule has 0 aliphatic heterocycles. The van der Waals surface area contributed by atoms with Gasteiger partial charge in [-0.05, 0) is 19.1 Å². The van der Waals surface area contributed by atoms with Crippen LogP contribution in [0.3, 0.4) is 0 Å². The Morgan fingerprint density at radius 2 is 2.33 bits per heavy atom. The van der Waals surface area contributed by atoms with Gasteiger partial charge in [-0.15, -0.1) is 0 Å². The monoisotopic (exact) mass is 162 g/mol. The van der Waals surface area contributed by atoms with Gasteiger partial charge in [0.1, 0.15) is 5.52 Å². The fourth-order valence-electron chi connectivity index (χ4n) is 1.42. The molecular weight excluding hydrogens is 152 g/mol. The number of nitrogens with zero attached hydrogens (tertiary/aromatic N) is 1. The van der Waals surface area contributed by atoms with Crippen molar-refractivity contribution in [1.29, 1.82) is 0 Å². The maximum atomic E-state index is 11.3. The molecule has 0 atom stereocenters. The van der Waals surface area contributed by atoms with Crippen LogP contribution in [-0.4, -0.2) is 9.55 Å². The zero-order valence-electron chi connectivity index (χ0n) is 6.87. The van der Waals surface area contributed by atoms with E-state index in [1.54, 1.807) is 6.20 Å². The number of H-pyrrole nitrogens is 1. The lowest BCUT2D eigenvalue weighted by Gasteiger charge is -1.97. The minimum Gasteiger partial charge on any atom is -0.343 e. The van der Waals surface area contributed by atoms with Crippen LogP contribution in [0.25, 0.3) is 10.9 Å². The van der Waals surface area contributed by atoms with Crippen molar-refractivity contribution in [3.63, 3.8) is 0 Å². The first-order valence-electron chi connectivity index (χ1n) is 3.99. The quantitative estimate of drug-likeness (QED) is 0.675. The van der Waals surface area contributed by atoms with Gasteiger partial charge in [0.05, 0.1) is 0 Å². The van der Waals surface area contributed by atoms with E-state index in [1.807, 2.05) is 29.8 Å². The standard InChI is InChI=1S/C9H10N2O/c1-2-11-6-4-7-3-5-10-9(12)8(7)11/h3-6H,2H2,1H3,(H,10,12). The molecule has 1 N–H and O–H groups in total. The van der Waals surface area contributed by atoms with Crippen LogP contribution in [0.2, 0.25) is 0 Å². The Morgan fingerprint density at radius 3 is 3.08 bits per heavy atom. The number of hydrogen-bond acceptors (Lipinski definition) is 1. The molecule has 62 valence electrons. The van der Waals surface area contributed by atoms with Crippen molar-refractivity contribution >= 4 is 10.9 Å². The summed E-state index contributed by atoms with van der Waals surface area (Å²) >= 11 is 0. The highest BCUT2D eigenvalue weighted by molar-refractivity contribution is 5.78. The molecule has 0 unspecified atom stereocenters. The van der Waals surface area contributed by atoms with E-state index >= 15 is 0 Å². The Morgan fingerprint density at radius 1 is 1.50 bits per heavy atom. The number of fused-ring (bicyclic) bond motifs is 1. The molecule has 0 aliphatic carbocycles. The molecule has 2 heterocycles. The SMILES string of the molecule is CCn1ccc2cc[nH]c(=O)c21. The zero-order valence-corrected chi connectivity index (χ0v) is 6.87. The van der Waals surface area contributed by atoms with Crippen LogP contribution in [0.1, 0.15) is 6.92 Å². The van der Waals surface area contributed by atoms with Gasteiger partial charge in [0.15, 0.2) is 0 Å². The number of nitrogens with one attached hydrogen (secondary N) is 1. The van der Waals surface area contributed by atoms with E-state index in [-0.39, 0.29) is 5.56 Å². The number of aromatic nitrogens is 2. The van der Waals surface area contributed by atoms with E-state index in [1.165, 1.54) is 0 Å². The summed E-state index contributed by atoms with van der Waals surface area (Å²) < 4.78 is 1.94. The second-order valence-corrected chi connectivity index (χ2v) is 2.71. The van der Waals surface area contributed by atoms with Crippen LogP contribution in [0.5, 0.6) is 0 Å². The van der Waals surface area contributed by atoms with E-state index in [0.29, 0.717) is 0 Å². The van der Waals surface area contributed by atoms with Crippen LogP contribution < -0.4 is 5.56 Å². The highest BCUT2D eigenvalue weighted by Gasteiger charge is 2.01. The molecule has 3 heteroatoms. The minimum absolute atomic E-state index is 0.0145. The summed E-state index contributed by atoms with van der Waals surface area (Å²) in [5, 5.41) is 1.00. The maximum absolute atomic E-state index is 11.3.